The van der Waals surface area contributed by atoms with Crippen molar-refractivity contribution in [1.82, 2.24) is 14.8 Å². The summed E-state index contributed by atoms with van der Waals surface area (Å²) < 4.78 is 1.74. The smallest absolute Gasteiger partial charge is 0.304 e. The molecule has 0 bridgehead atoms. The van der Waals surface area contributed by atoms with E-state index in [-0.39, 0.29) is 12.3 Å². The Morgan fingerprint density at radius 3 is 2.87 bits per heavy atom. The van der Waals surface area contributed by atoms with Crippen LogP contribution in [0, 0.1) is 0 Å². The summed E-state index contributed by atoms with van der Waals surface area (Å²) in [4.78, 5) is 15.8. The number of hydrogen-bond donors (Lipinski definition) is 3. The van der Waals surface area contributed by atoms with Crippen molar-refractivity contribution in [1.29, 1.82) is 0 Å². The van der Waals surface area contributed by atoms with E-state index < -0.39 is 12.1 Å². The quantitative estimate of drug-likeness (QED) is 0.516. The van der Waals surface area contributed by atoms with Crippen LogP contribution in [0.4, 0.5) is 5.82 Å². The second-order valence-electron chi connectivity index (χ2n) is 7.78. The number of pyridine rings is 1. The Morgan fingerprint density at radius 1 is 1.23 bits per heavy atom. The minimum absolute atomic E-state index is 0.0335. The van der Waals surface area contributed by atoms with Gasteiger partial charge in [-0.15, -0.1) is 0 Å². The summed E-state index contributed by atoms with van der Waals surface area (Å²) in [6.45, 7) is 1.37. The molecule has 0 aliphatic carbocycles. The van der Waals surface area contributed by atoms with Crippen molar-refractivity contribution in [3.8, 4) is 0 Å². The van der Waals surface area contributed by atoms with Gasteiger partial charge in [0.15, 0.2) is 0 Å². The maximum Gasteiger partial charge on any atom is 0.304 e. The molecule has 7 nitrogen and oxygen atoms in total. The minimum Gasteiger partial charge on any atom is -0.481 e. The predicted molar refractivity (Wildman–Crippen MR) is 119 cm³/mol. The second kappa shape index (κ2) is 9.57. The Kier molecular flexibility index (Phi) is 6.43. The van der Waals surface area contributed by atoms with Gasteiger partial charge in [-0.2, -0.15) is 5.10 Å². The molecule has 1 aliphatic rings. The molecule has 2 aromatic heterocycles. The summed E-state index contributed by atoms with van der Waals surface area (Å²) in [5, 5.41) is 27.4. The van der Waals surface area contributed by atoms with Crippen LogP contribution in [0.1, 0.15) is 47.2 Å². The molecule has 0 radical (unpaired) electrons. The van der Waals surface area contributed by atoms with Crippen LogP contribution in [-0.4, -0.2) is 37.5 Å². The Hall–Kier alpha value is -3.45. The van der Waals surface area contributed by atoms with Crippen molar-refractivity contribution in [2.24, 2.45) is 0 Å². The normalized spacial score (nSPS) is 15.3. The van der Waals surface area contributed by atoms with Crippen LogP contribution in [0.2, 0.25) is 0 Å². The molecule has 0 fully saturated rings. The third kappa shape index (κ3) is 5.38. The molecule has 3 aromatic rings. The van der Waals surface area contributed by atoms with E-state index in [0.717, 1.165) is 36.3 Å². The fourth-order valence-corrected chi connectivity index (χ4v) is 3.82. The average molecular weight is 418 g/mol. The predicted octanol–water partition coefficient (Wildman–Crippen LogP) is 3.64. The van der Waals surface area contributed by atoms with Crippen molar-refractivity contribution in [3.63, 3.8) is 0 Å². The van der Waals surface area contributed by atoms with Crippen molar-refractivity contribution >= 4 is 17.9 Å². The fourth-order valence-electron chi connectivity index (χ4n) is 3.82. The van der Waals surface area contributed by atoms with Gasteiger partial charge in [-0.05, 0) is 36.1 Å². The van der Waals surface area contributed by atoms with Gasteiger partial charge >= 0.3 is 5.97 Å². The van der Waals surface area contributed by atoms with Gasteiger partial charge in [0, 0.05) is 30.8 Å². The van der Waals surface area contributed by atoms with E-state index in [9.17, 15) is 15.0 Å². The molecule has 4 rings (SSSR count). The van der Waals surface area contributed by atoms with Crippen molar-refractivity contribution < 1.29 is 15.0 Å². The van der Waals surface area contributed by atoms with Crippen LogP contribution in [-0.2, 0) is 17.8 Å². The molecule has 31 heavy (non-hydrogen) atoms. The molecular formula is C24H26N4O3. The zero-order valence-corrected chi connectivity index (χ0v) is 17.2. The van der Waals surface area contributed by atoms with Crippen LogP contribution < -0.4 is 5.32 Å². The number of aliphatic carboxylic acids is 1. The van der Waals surface area contributed by atoms with Crippen LogP contribution in [0.15, 0.2) is 60.9 Å². The van der Waals surface area contributed by atoms with Gasteiger partial charge in [0.2, 0.25) is 0 Å². The number of nitrogens with zero attached hydrogens (tertiary/aromatic N) is 3. The molecule has 2 unspecified atom stereocenters. The number of hydrogen-bond acceptors (Lipinski definition) is 5. The first kappa shape index (κ1) is 20.8. The van der Waals surface area contributed by atoms with E-state index in [0.29, 0.717) is 12.2 Å². The topological polar surface area (TPSA) is 100 Å². The van der Waals surface area contributed by atoms with Crippen molar-refractivity contribution in [2.45, 2.75) is 37.8 Å². The lowest BCUT2D eigenvalue weighted by molar-refractivity contribution is -0.137. The lowest BCUT2D eigenvalue weighted by Crippen LogP contribution is -2.14. The molecule has 0 amide bonds. The Balaban J connectivity index is 1.43. The molecule has 1 aliphatic heterocycles. The highest BCUT2D eigenvalue weighted by Gasteiger charge is 2.17. The highest BCUT2D eigenvalue weighted by Crippen LogP contribution is 2.24. The summed E-state index contributed by atoms with van der Waals surface area (Å²) in [6.07, 6.45) is 8.36. The number of carboxylic acids is 1. The number of carboxylic acid groups (broad SMARTS) is 1. The average Bonchev–Trinajstić information content (AvgIpc) is 3.24. The number of aliphatic hydroxyl groups is 1. The van der Waals surface area contributed by atoms with E-state index in [1.807, 2.05) is 48.7 Å². The number of rotatable bonds is 8. The van der Waals surface area contributed by atoms with E-state index in [4.69, 9.17) is 0 Å². The monoisotopic (exact) mass is 418 g/mol. The second-order valence-corrected chi connectivity index (χ2v) is 7.78. The summed E-state index contributed by atoms with van der Waals surface area (Å²) in [5.41, 5.74) is 3.58. The largest absolute Gasteiger partial charge is 0.481 e. The van der Waals surface area contributed by atoms with Gasteiger partial charge in [0.05, 0.1) is 18.3 Å². The van der Waals surface area contributed by atoms with E-state index >= 15 is 0 Å². The van der Waals surface area contributed by atoms with E-state index in [1.54, 1.807) is 23.0 Å². The Morgan fingerprint density at radius 2 is 2.06 bits per heavy atom. The van der Waals surface area contributed by atoms with Gasteiger partial charge in [-0.3, -0.25) is 9.48 Å². The molecule has 3 heterocycles. The van der Waals surface area contributed by atoms with Crippen LogP contribution in [0.25, 0.3) is 6.08 Å². The van der Waals surface area contributed by atoms with Gasteiger partial charge in [0.1, 0.15) is 11.9 Å². The zero-order valence-electron chi connectivity index (χ0n) is 17.2. The number of aryl methyl sites for hydroxylation is 1. The summed E-state index contributed by atoms with van der Waals surface area (Å²) in [6, 6.07) is 13.5. The van der Waals surface area contributed by atoms with E-state index in [1.165, 1.54) is 5.56 Å². The molecule has 0 saturated carbocycles. The number of aromatic nitrogens is 3. The molecule has 2 atom stereocenters. The summed E-state index contributed by atoms with van der Waals surface area (Å²) >= 11 is 0. The van der Waals surface area contributed by atoms with Gasteiger partial charge in [0.25, 0.3) is 0 Å². The minimum atomic E-state index is -0.837. The molecule has 0 spiro atoms. The van der Waals surface area contributed by atoms with Crippen LogP contribution in [0.5, 0.6) is 0 Å². The fraction of sp³-hybridized carbons (Fsp3) is 0.292. The number of fused-ring (bicyclic) bond motifs is 1. The third-order valence-corrected chi connectivity index (χ3v) is 5.44. The van der Waals surface area contributed by atoms with E-state index in [2.05, 4.69) is 15.4 Å². The van der Waals surface area contributed by atoms with Gasteiger partial charge < -0.3 is 15.5 Å². The van der Waals surface area contributed by atoms with Gasteiger partial charge in [-0.25, -0.2) is 4.98 Å². The standard InChI is InChI=1S/C24H26N4O3/c29-22(21-10-9-19-7-4-12-25-24(19)27-21)11-8-17-14-26-28(15-17)16-20(13-23(30)31)18-5-2-1-3-6-18/h1-3,5-6,8-11,14-15,20,22,29H,4,7,12-13,16H2,(H,25,27)(H,30,31)/b11-8+. The van der Waals surface area contributed by atoms with Crippen LogP contribution in [0.3, 0.4) is 0 Å². The maximum atomic E-state index is 11.3. The van der Waals surface area contributed by atoms with Crippen molar-refractivity contribution in [3.05, 3.63) is 83.3 Å². The SMILES string of the molecule is O=C(O)CC(Cn1cc(/C=C/C(O)c2ccc3c(n2)NCCC3)cn1)c1ccccc1. The third-order valence-electron chi connectivity index (χ3n) is 5.44. The zero-order chi connectivity index (χ0) is 21.6. The number of benzene rings is 1. The lowest BCUT2D eigenvalue weighted by Gasteiger charge is -2.18. The highest BCUT2D eigenvalue weighted by molar-refractivity contribution is 5.68. The molecular weight excluding hydrogens is 392 g/mol. The van der Waals surface area contributed by atoms with Crippen molar-refractivity contribution in [2.75, 3.05) is 11.9 Å². The molecule has 1 aromatic carbocycles. The van der Waals surface area contributed by atoms with Gasteiger partial charge in [-0.1, -0.05) is 42.5 Å². The molecule has 0 saturated heterocycles. The molecule has 7 heteroatoms. The first-order chi connectivity index (χ1) is 15.1. The molecule has 3 N–H and O–H groups in total. The number of nitrogens with one attached hydrogen (secondary N) is 1. The number of anilines is 1. The number of aliphatic hydroxyl groups excluding tert-OH is 1. The first-order valence-corrected chi connectivity index (χ1v) is 10.5. The lowest BCUT2D eigenvalue weighted by atomic mass is 9.96. The summed E-state index contributed by atoms with van der Waals surface area (Å²) in [7, 11) is 0. The first-order valence-electron chi connectivity index (χ1n) is 10.5. The summed E-state index contributed by atoms with van der Waals surface area (Å²) in [5.74, 6) is -0.154. The maximum absolute atomic E-state index is 11.3. The number of carbonyl (C=O) groups is 1. The van der Waals surface area contributed by atoms with Crippen LogP contribution >= 0.6 is 0 Å². The Bertz CT molecular complexity index is 1060. The molecule has 160 valence electrons. The Labute approximate surface area is 181 Å². The highest BCUT2D eigenvalue weighted by atomic mass is 16.4.